The highest BCUT2D eigenvalue weighted by Gasteiger charge is 2.09. The lowest BCUT2D eigenvalue weighted by Crippen LogP contribution is -2.14. The molecule has 19 heavy (non-hydrogen) atoms. The molecular weight excluding hydrogens is 234 g/mol. The molecule has 0 fully saturated rings. The van der Waals surface area contributed by atoms with Crippen molar-refractivity contribution in [3.8, 4) is 11.8 Å². The first-order valence-electron chi connectivity index (χ1n) is 6.55. The van der Waals surface area contributed by atoms with Crippen LogP contribution in [0.2, 0.25) is 0 Å². The van der Waals surface area contributed by atoms with Gasteiger partial charge in [0.25, 0.3) is 0 Å². The standard InChI is InChI=1S/C16H19N3/c1-13-11-15(12-18-10-6-9-17)14(2)19(13)16-7-4-3-5-8-16/h3-5,7-8,11,18H,6,10,12H2,1-2H3. The van der Waals surface area contributed by atoms with E-state index < -0.39 is 0 Å². The normalized spacial score (nSPS) is 10.4. The van der Waals surface area contributed by atoms with Crippen LogP contribution in [0, 0.1) is 25.2 Å². The molecule has 0 aliphatic rings. The molecule has 0 aliphatic heterocycles. The van der Waals surface area contributed by atoms with Crippen molar-refractivity contribution >= 4 is 0 Å². The molecule has 0 bridgehead atoms. The van der Waals surface area contributed by atoms with Crippen LogP contribution in [0.25, 0.3) is 5.69 Å². The maximum Gasteiger partial charge on any atom is 0.0635 e. The summed E-state index contributed by atoms with van der Waals surface area (Å²) in [5.41, 5.74) is 4.98. The van der Waals surface area contributed by atoms with E-state index in [9.17, 15) is 0 Å². The average Bonchev–Trinajstić information content (AvgIpc) is 2.71. The van der Waals surface area contributed by atoms with Gasteiger partial charge in [-0.25, -0.2) is 0 Å². The predicted molar refractivity (Wildman–Crippen MR) is 77.2 cm³/mol. The Bertz CT molecular complexity index is 576. The molecule has 0 unspecified atom stereocenters. The number of rotatable bonds is 5. The summed E-state index contributed by atoms with van der Waals surface area (Å²) in [5.74, 6) is 0. The topological polar surface area (TPSA) is 40.8 Å². The number of nitriles is 1. The minimum atomic E-state index is 0.553. The first-order chi connectivity index (χ1) is 9.24. The van der Waals surface area contributed by atoms with E-state index in [0.29, 0.717) is 6.42 Å². The molecule has 0 saturated carbocycles. The minimum Gasteiger partial charge on any atom is -0.318 e. The van der Waals surface area contributed by atoms with Crippen molar-refractivity contribution in [1.29, 1.82) is 5.26 Å². The van der Waals surface area contributed by atoms with Gasteiger partial charge in [-0.2, -0.15) is 5.26 Å². The molecular formula is C16H19N3. The molecule has 1 heterocycles. The van der Waals surface area contributed by atoms with Crippen LogP contribution in [0.15, 0.2) is 36.4 Å². The van der Waals surface area contributed by atoms with Gasteiger partial charge >= 0.3 is 0 Å². The molecule has 98 valence electrons. The number of hydrogen-bond donors (Lipinski definition) is 1. The van der Waals surface area contributed by atoms with Gasteiger partial charge in [0.05, 0.1) is 6.07 Å². The van der Waals surface area contributed by atoms with E-state index in [1.807, 2.05) is 6.07 Å². The van der Waals surface area contributed by atoms with Gasteiger partial charge in [0.2, 0.25) is 0 Å². The fourth-order valence-corrected chi connectivity index (χ4v) is 2.35. The summed E-state index contributed by atoms with van der Waals surface area (Å²) in [5, 5.41) is 11.8. The third-order valence-corrected chi connectivity index (χ3v) is 3.28. The summed E-state index contributed by atoms with van der Waals surface area (Å²) >= 11 is 0. The second-order valence-electron chi connectivity index (χ2n) is 4.65. The maximum atomic E-state index is 8.52. The maximum absolute atomic E-state index is 8.52. The van der Waals surface area contributed by atoms with Gasteiger partial charge in [0.15, 0.2) is 0 Å². The largest absolute Gasteiger partial charge is 0.318 e. The van der Waals surface area contributed by atoms with E-state index in [4.69, 9.17) is 5.26 Å². The Hall–Kier alpha value is -2.05. The lowest BCUT2D eigenvalue weighted by molar-refractivity contribution is 0.695. The highest BCUT2D eigenvalue weighted by atomic mass is 15.0. The van der Waals surface area contributed by atoms with Crippen LogP contribution in [0.5, 0.6) is 0 Å². The van der Waals surface area contributed by atoms with Crippen LogP contribution < -0.4 is 5.32 Å². The third kappa shape index (κ3) is 3.04. The molecule has 0 atom stereocenters. The summed E-state index contributed by atoms with van der Waals surface area (Å²) < 4.78 is 2.27. The Morgan fingerprint density at radius 3 is 2.63 bits per heavy atom. The SMILES string of the molecule is Cc1cc(CNCCC#N)c(C)n1-c1ccccc1. The van der Waals surface area contributed by atoms with E-state index >= 15 is 0 Å². The highest BCUT2D eigenvalue weighted by Crippen LogP contribution is 2.20. The summed E-state index contributed by atoms with van der Waals surface area (Å²) in [4.78, 5) is 0. The lowest BCUT2D eigenvalue weighted by atomic mass is 10.2. The van der Waals surface area contributed by atoms with Crippen LogP contribution in [0.1, 0.15) is 23.4 Å². The summed E-state index contributed by atoms with van der Waals surface area (Å²) in [6.07, 6.45) is 0.553. The summed E-state index contributed by atoms with van der Waals surface area (Å²) in [6.45, 7) is 5.82. The number of hydrogen-bond acceptors (Lipinski definition) is 2. The third-order valence-electron chi connectivity index (χ3n) is 3.28. The molecule has 1 aromatic heterocycles. The van der Waals surface area contributed by atoms with Crippen molar-refractivity contribution < 1.29 is 0 Å². The van der Waals surface area contributed by atoms with E-state index in [-0.39, 0.29) is 0 Å². The molecule has 0 spiro atoms. The summed E-state index contributed by atoms with van der Waals surface area (Å²) in [6, 6.07) is 14.7. The van der Waals surface area contributed by atoms with Gasteiger partial charge < -0.3 is 9.88 Å². The van der Waals surface area contributed by atoms with E-state index in [0.717, 1.165) is 13.1 Å². The Labute approximate surface area is 114 Å². The molecule has 0 aliphatic carbocycles. The van der Waals surface area contributed by atoms with Crippen molar-refractivity contribution in [3.05, 3.63) is 53.3 Å². The smallest absolute Gasteiger partial charge is 0.0635 e. The Kier molecular flexibility index (Phi) is 4.38. The van der Waals surface area contributed by atoms with Gasteiger partial charge in [0.1, 0.15) is 0 Å². The van der Waals surface area contributed by atoms with Crippen molar-refractivity contribution in [2.24, 2.45) is 0 Å². The number of para-hydroxylation sites is 1. The highest BCUT2D eigenvalue weighted by molar-refractivity contribution is 5.40. The second-order valence-corrected chi connectivity index (χ2v) is 4.65. The van der Waals surface area contributed by atoms with Crippen LogP contribution in [0.3, 0.4) is 0 Å². The van der Waals surface area contributed by atoms with Crippen LogP contribution in [-0.2, 0) is 6.54 Å². The van der Waals surface area contributed by atoms with Crippen molar-refractivity contribution in [2.45, 2.75) is 26.8 Å². The van der Waals surface area contributed by atoms with Crippen LogP contribution in [0.4, 0.5) is 0 Å². The number of benzene rings is 1. The number of nitrogens with zero attached hydrogens (tertiary/aromatic N) is 2. The molecule has 3 nitrogen and oxygen atoms in total. The molecule has 0 radical (unpaired) electrons. The average molecular weight is 253 g/mol. The number of aryl methyl sites for hydroxylation is 1. The second kappa shape index (κ2) is 6.21. The Morgan fingerprint density at radius 1 is 1.21 bits per heavy atom. The molecule has 0 amide bonds. The minimum absolute atomic E-state index is 0.553. The predicted octanol–water partition coefficient (Wildman–Crippen LogP) is 3.10. The molecule has 2 aromatic rings. The monoisotopic (exact) mass is 253 g/mol. The quantitative estimate of drug-likeness (QED) is 0.832. The van der Waals surface area contributed by atoms with Gasteiger partial charge in [-0.05, 0) is 37.6 Å². The zero-order chi connectivity index (χ0) is 13.7. The van der Waals surface area contributed by atoms with Gasteiger partial charge in [0, 0.05) is 36.6 Å². The van der Waals surface area contributed by atoms with Crippen molar-refractivity contribution in [3.63, 3.8) is 0 Å². The van der Waals surface area contributed by atoms with Crippen molar-refractivity contribution in [1.82, 2.24) is 9.88 Å². The first-order valence-corrected chi connectivity index (χ1v) is 6.55. The molecule has 0 saturated heterocycles. The van der Waals surface area contributed by atoms with Crippen molar-refractivity contribution in [2.75, 3.05) is 6.54 Å². The van der Waals surface area contributed by atoms with E-state index in [2.05, 4.69) is 60.1 Å². The lowest BCUT2D eigenvalue weighted by Gasteiger charge is -2.10. The van der Waals surface area contributed by atoms with Gasteiger partial charge in [-0.15, -0.1) is 0 Å². The number of aromatic nitrogens is 1. The fourth-order valence-electron chi connectivity index (χ4n) is 2.35. The fraction of sp³-hybridized carbons (Fsp3) is 0.312. The van der Waals surface area contributed by atoms with Crippen LogP contribution in [-0.4, -0.2) is 11.1 Å². The van der Waals surface area contributed by atoms with E-state index in [1.54, 1.807) is 0 Å². The zero-order valence-corrected chi connectivity index (χ0v) is 11.5. The summed E-state index contributed by atoms with van der Waals surface area (Å²) in [7, 11) is 0. The first kappa shape index (κ1) is 13.4. The van der Waals surface area contributed by atoms with Crippen LogP contribution >= 0.6 is 0 Å². The zero-order valence-electron chi connectivity index (χ0n) is 11.5. The Morgan fingerprint density at radius 2 is 1.95 bits per heavy atom. The number of nitrogens with one attached hydrogen (secondary N) is 1. The molecule has 1 N–H and O–H groups in total. The molecule has 1 aromatic carbocycles. The molecule has 3 heteroatoms. The van der Waals surface area contributed by atoms with Gasteiger partial charge in [-0.3, -0.25) is 0 Å². The van der Waals surface area contributed by atoms with E-state index in [1.165, 1.54) is 22.6 Å². The molecule has 2 rings (SSSR count). The van der Waals surface area contributed by atoms with Gasteiger partial charge in [-0.1, -0.05) is 18.2 Å². The Balaban J connectivity index is 2.19.